The number of rotatable bonds is 2. The van der Waals surface area contributed by atoms with E-state index in [1.165, 1.54) is 6.08 Å². The zero-order valence-electron chi connectivity index (χ0n) is 10.4. The third kappa shape index (κ3) is 6.39. The van der Waals surface area contributed by atoms with Crippen molar-refractivity contribution in [1.29, 1.82) is 0 Å². The molecule has 17 heavy (non-hydrogen) atoms. The van der Waals surface area contributed by atoms with Crippen molar-refractivity contribution < 1.29 is 9.53 Å². The normalized spacial score (nSPS) is 17.8. The molecule has 0 spiro atoms. The maximum Gasteiger partial charge on any atom is 0.336 e. The summed E-state index contributed by atoms with van der Waals surface area (Å²) >= 11 is 0. The van der Waals surface area contributed by atoms with Gasteiger partial charge in [-0.2, -0.15) is 0 Å². The first kappa shape index (κ1) is 13.3. The Labute approximate surface area is 103 Å². The SMILES string of the molecule is C[Si](C)(C)/C=C/C#C/C=C/C=C1/C=CC(=O)O1. The van der Waals surface area contributed by atoms with Crippen molar-refractivity contribution >= 4 is 14.0 Å². The first-order chi connectivity index (χ1) is 7.97. The van der Waals surface area contributed by atoms with E-state index in [-0.39, 0.29) is 5.97 Å². The summed E-state index contributed by atoms with van der Waals surface area (Å²) in [6, 6.07) is 0. The molecule has 0 aromatic heterocycles. The van der Waals surface area contributed by atoms with Crippen LogP contribution in [0.4, 0.5) is 0 Å². The Bertz CT molecular complexity index is 463. The van der Waals surface area contributed by atoms with Crippen LogP contribution in [0.3, 0.4) is 0 Å². The van der Waals surface area contributed by atoms with E-state index in [0.717, 1.165) is 0 Å². The van der Waals surface area contributed by atoms with Gasteiger partial charge in [0, 0.05) is 6.08 Å². The summed E-state index contributed by atoms with van der Waals surface area (Å²) in [7, 11) is -1.14. The average molecular weight is 244 g/mol. The minimum absolute atomic E-state index is 0.325. The topological polar surface area (TPSA) is 26.3 Å². The fourth-order valence-corrected chi connectivity index (χ4v) is 1.59. The molecule has 0 radical (unpaired) electrons. The highest BCUT2D eigenvalue weighted by Gasteiger charge is 2.07. The van der Waals surface area contributed by atoms with Crippen molar-refractivity contribution in [2.24, 2.45) is 0 Å². The number of carbonyl (C=O) groups is 1. The predicted octanol–water partition coefficient (Wildman–Crippen LogP) is 2.98. The van der Waals surface area contributed by atoms with E-state index in [2.05, 4.69) is 37.2 Å². The van der Waals surface area contributed by atoms with Crippen LogP contribution in [-0.2, 0) is 9.53 Å². The summed E-state index contributed by atoms with van der Waals surface area (Å²) in [5.41, 5.74) is 2.19. The Balaban J connectivity index is 2.42. The van der Waals surface area contributed by atoms with Crippen LogP contribution in [0.1, 0.15) is 0 Å². The molecule has 1 rings (SSSR count). The Hall–Kier alpha value is -1.79. The molecule has 0 bridgehead atoms. The standard InChI is InChI=1S/C14H16O2Si/c1-17(2,3)12-8-6-4-5-7-9-13-10-11-14(15)16-13/h5,7-12H,1-3H3/b7-5+,12-8+,13-9-. The quantitative estimate of drug-likeness (QED) is 0.424. The van der Waals surface area contributed by atoms with Crippen molar-refractivity contribution in [3.63, 3.8) is 0 Å². The molecule has 1 aliphatic heterocycles. The Kier molecular flexibility index (Phi) is 4.74. The molecule has 0 atom stereocenters. The molecular formula is C14H16O2Si. The number of allylic oxidation sites excluding steroid dienone is 5. The van der Waals surface area contributed by atoms with E-state index in [1.54, 1.807) is 24.3 Å². The molecule has 0 aromatic carbocycles. The summed E-state index contributed by atoms with van der Waals surface area (Å²) in [5.74, 6) is 6.05. The third-order valence-corrected chi connectivity index (χ3v) is 2.96. The lowest BCUT2D eigenvalue weighted by molar-refractivity contribution is -0.132. The lowest BCUT2D eigenvalue weighted by Gasteiger charge is -2.05. The summed E-state index contributed by atoms with van der Waals surface area (Å²) in [6.07, 6.45) is 10.1. The minimum Gasteiger partial charge on any atom is -0.423 e. The summed E-state index contributed by atoms with van der Waals surface area (Å²) in [5, 5.41) is 0. The number of carbonyl (C=O) groups excluding carboxylic acids is 1. The highest BCUT2D eigenvalue weighted by molar-refractivity contribution is 6.81. The van der Waals surface area contributed by atoms with E-state index in [4.69, 9.17) is 4.74 Å². The van der Waals surface area contributed by atoms with Crippen LogP contribution >= 0.6 is 0 Å². The van der Waals surface area contributed by atoms with Gasteiger partial charge in [-0.15, -0.1) is 0 Å². The van der Waals surface area contributed by atoms with Crippen LogP contribution in [-0.4, -0.2) is 14.0 Å². The first-order valence-corrected chi connectivity index (χ1v) is 9.01. The molecule has 0 unspecified atom stereocenters. The van der Waals surface area contributed by atoms with Gasteiger partial charge in [0.1, 0.15) is 5.76 Å². The first-order valence-electron chi connectivity index (χ1n) is 5.43. The van der Waals surface area contributed by atoms with Crippen molar-refractivity contribution in [2.45, 2.75) is 19.6 Å². The summed E-state index contributed by atoms with van der Waals surface area (Å²) < 4.78 is 4.84. The van der Waals surface area contributed by atoms with Gasteiger partial charge in [0.2, 0.25) is 0 Å². The van der Waals surface area contributed by atoms with Crippen LogP contribution in [0, 0.1) is 11.8 Å². The van der Waals surface area contributed by atoms with Crippen molar-refractivity contribution in [3.8, 4) is 11.8 Å². The van der Waals surface area contributed by atoms with Gasteiger partial charge in [0.25, 0.3) is 0 Å². The second-order valence-corrected chi connectivity index (χ2v) is 9.74. The summed E-state index contributed by atoms with van der Waals surface area (Å²) in [6.45, 7) is 6.77. The molecule has 0 saturated heterocycles. The monoisotopic (exact) mass is 244 g/mol. The number of hydrogen-bond acceptors (Lipinski definition) is 2. The third-order valence-electron chi connectivity index (χ3n) is 1.79. The smallest absolute Gasteiger partial charge is 0.336 e. The van der Waals surface area contributed by atoms with Crippen LogP contribution < -0.4 is 0 Å². The Morgan fingerprint density at radius 2 is 1.88 bits per heavy atom. The van der Waals surface area contributed by atoms with Gasteiger partial charge in [0.15, 0.2) is 0 Å². The Morgan fingerprint density at radius 1 is 1.18 bits per heavy atom. The zero-order valence-corrected chi connectivity index (χ0v) is 11.4. The lowest BCUT2D eigenvalue weighted by Crippen LogP contribution is -2.14. The van der Waals surface area contributed by atoms with E-state index in [1.807, 2.05) is 6.08 Å². The summed E-state index contributed by atoms with van der Waals surface area (Å²) in [4.78, 5) is 10.7. The molecule has 0 aromatic rings. The van der Waals surface area contributed by atoms with Gasteiger partial charge in [-0.25, -0.2) is 4.79 Å². The second-order valence-electron chi connectivity index (χ2n) is 4.67. The van der Waals surface area contributed by atoms with Crippen LogP contribution in [0.5, 0.6) is 0 Å². The molecule has 0 fully saturated rings. The molecule has 1 aliphatic rings. The highest BCUT2D eigenvalue weighted by Crippen LogP contribution is 2.08. The molecule has 88 valence electrons. The van der Waals surface area contributed by atoms with Gasteiger partial charge >= 0.3 is 5.97 Å². The van der Waals surface area contributed by atoms with Crippen LogP contribution in [0.15, 0.2) is 47.9 Å². The van der Waals surface area contributed by atoms with Gasteiger partial charge in [0.05, 0.1) is 8.07 Å². The molecule has 0 aliphatic carbocycles. The molecule has 0 amide bonds. The van der Waals surface area contributed by atoms with E-state index < -0.39 is 8.07 Å². The molecule has 3 heteroatoms. The van der Waals surface area contributed by atoms with E-state index in [0.29, 0.717) is 5.76 Å². The lowest BCUT2D eigenvalue weighted by atomic mass is 10.4. The molecule has 0 saturated carbocycles. The minimum atomic E-state index is -1.14. The van der Waals surface area contributed by atoms with Crippen molar-refractivity contribution in [2.75, 3.05) is 0 Å². The molecule has 0 N–H and O–H groups in total. The van der Waals surface area contributed by atoms with Gasteiger partial charge in [-0.1, -0.05) is 43.3 Å². The highest BCUT2D eigenvalue weighted by atomic mass is 28.3. The number of esters is 1. The van der Waals surface area contributed by atoms with Crippen molar-refractivity contribution in [3.05, 3.63) is 47.9 Å². The van der Waals surface area contributed by atoms with Gasteiger partial charge in [-0.05, 0) is 24.3 Å². The maximum atomic E-state index is 10.7. The van der Waals surface area contributed by atoms with E-state index >= 15 is 0 Å². The van der Waals surface area contributed by atoms with Gasteiger partial charge < -0.3 is 4.74 Å². The van der Waals surface area contributed by atoms with Crippen LogP contribution in [0.2, 0.25) is 19.6 Å². The molecular weight excluding hydrogens is 228 g/mol. The van der Waals surface area contributed by atoms with Crippen LogP contribution in [0.25, 0.3) is 0 Å². The maximum absolute atomic E-state index is 10.7. The largest absolute Gasteiger partial charge is 0.423 e. The predicted molar refractivity (Wildman–Crippen MR) is 72.7 cm³/mol. The second kappa shape index (κ2) is 6.07. The molecule has 2 nitrogen and oxygen atoms in total. The fourth-order valence-electron chi connectivity index (χ4n) is 1.00. The zero-order chi connectivity index (χ0) is 12.7. The fraction of sp³-hybridized carbons (Fsp3) is 0.214. The number of hydrogen-bond donors (Lipinski definition) is 0. The van der Waals surface area contributed by atoms with E-state index in [9.17, 15) is 4.79 Å². The van der Waals surface area contributed by atoms with Crippen molar-refractivity contribution in [1.82, 2.24) is 0 Å². The van der Waals surface area contributed by atoms with Gasteiger partial charge in [-0.3, -0.25) is 0 Å². The number of cyclic esters (lactones) is 1. The average Bonchev–Trinajstić information content (AvgIpc) is 2.61. The Morgan fingerprint density at radius 3 is 2.47 bits per heavy atom. The molecule has 1 heterocycles. The number of ether oxygens (including phenoxy) is 1.